The van der Waals surface area contributed by atoms with E-state index >= 15 is 0 Å². The lowest BCUT2D eigenvalue weighted by molar-refractivity contribution is -0.139. The van der Waals surface area contributed by atoms with Crippen molar-refractivity contribution in [2.24, 2.45) is 7.05 Å². The number of ether oxygens (including phenoxy) is 2. The quantitative estimate of drug-likeness (QED) is 0.845. The molecule has 0 spiro atoms. The van der Waals surface area contributed by atoms with E-state index in [1.54, 1.807) is 16.6 Å². The van der Waals surface area contributed by atoms with E-state index in [9.17, 15) is 14.7 Å². The number of aromatic nitrogens is 2. The summed E-state index contributed by atoms with van der Waals surface area (Å²) in [7, 11) is 1.73. The molecule has 0 bridgehead atoms. The number of aromatic carboxylic acids is 1. The van der Waals surface area contributed by atoms with E-state index in [2.05, 4.69) is 5.10 Å². The standard InChI is InChI=1S/C16H23N3O5/c1-18-13-5-6-19(8-12(13)15(17-18)16(21)22)14(20)10-23-9-11-4-2-3-7-24-11/h11H,2-10H2,1H3,(H,21,22)/t11-/m1/s1. The zero-order chi connectivity index (χ0) is 17.1. The fourth-order valence-electron chi connectivity index (χ4n) is 3.28. The molecule has 1 amide bonds. The van der Waals surface area contributed by atoms with Crippen LogP contribution < -0.4 is 0 Å². The van der Waals surface area contributed by atoms with Crippen LogP contribution in [0.5, 0.6) is 0 Å². The third-order valence-electron chi connectivity index (χ3n) is 4.60. The summed E-state index contributed by atoms with van der Waals surface area (Å²) < 4.78 is 12.7. The second kappa shape index (κ2) is 7.31. The van der Waals surface area contributed by atoms with Gasteiger partial charge >= 0.3 is 5.97 Å². The molecule has 3 heterocycles. The van der Waals surface area contributed by atoms with Crippen molar-refractivity contribution >= 4 is 11.9 Å². The summed E-state index contributed by atoms with van der Waals surface area (Å²) in [4.78, 5) is 25.3. The number of carbonyl (C=O) groups excluding carboxylic acids is 1. The third kappa shape index (κ3) is 3.59. The maximum atomic E-state index is 12.3. The molecule has 0 saturated carbocycles. The Labute approximate surface area is 140 Å². The Morgan fingerprint density at radius 1 is 1.42 bits per heavy atom. The largest absolute Gasteiger partial charge is 0.476 e. The van der Waals surface area contributed by atoms with Crippen LogP contribution in [0.1, 0.15) is 41.0 Å². The highest BCUT2D eigenvalue weighted by molar-refractivity contribution is 5.88. The van der Waals surface area contributed by atoms with Crippen LogP contribution in [0.4, 0.5) is 0 Å². The van der Waals surface area contributed by atoms with Crippen LogP contribution in [-0.4, -0.2) is 64.1 Å². The Balaban J connectivity index is 1.54. The molecule has 132 valence electrons. The highest BCUT2D eigenvalue weighted by Gasteiger charge is 2.29. The first-order valence-corrected chi connectivity index (χ1v) is 8.31. The Morgan fingerprint density at radius 2 is 2.25 bits per heavy atom. The summed E-state index contributed by atoms with van der Waals surface area (Å²) in [5.41, 5.74) is 1.54. The van der Waals surface area contributed by atoms with Crippen LogP contribution in [-0.2, 0) is 34.3 Å². The number of rotatable bonds is 5. The van der Waals surface area contributed by atoms with Crippen molar-refractivity contribution in [1.82, 2.24) is 14.7 Å². The minimum absolute atomic E-state index is 0.00212. The van der Waals surface area contributed by atoms with Crippen LogP contribution in [0.25, 0.3) is 0 Å². The molecule has 8 nitrogen and oxygen atoms in total. The van der Waals surface area contributed by atoms with Crippen LogP contribution in [0.3, 0.4) is 0 Å². The van der Waals surface area contributed by atoms with Gasteiger partial charge in [-0.05, 0) is 19.3 Å². The summed E-state index contributed by atoms with van der Waals surface area (Å²) in [6.07, 6.45) is 3.87. The van der Waals surface area contributed by atoms with E-state index in [0.717, 1.165) is 31.6 Å². The molecule has 24 heavy (non-hydrogen) atoms. The van der Waals surface area contributed by atoms with Gasteiger partial charge in [-0.3, -0.25) is 9.48 Å². The molecule has 3 rings (SSSR count). The molecule has 1 aromatic heterocycles. The van der Waals surface area contributed by atoms with Crippen molar-refractivity contribution in [3.63, 3.8) is 0 Å². The molecule has 1 atom stereocenters. The lowest BCUT2D eigenvalue weighted by Crippen LogP contribution is -2.39. The molecule has 1 saturated heterocycles. The second-order valence-corrected chi connectivity index (χ2v) is 6.27. The molecule has 1 fully saturated rings. The van der Waals surface area contributed by atoms with Gasteiger partial charge in [-0.1, -0.05) is 0 Å². The number of hydrogen-bond donors (Lipinski definition) is 1. The van der Waals surface area contributed by atoms with E-state index in [-0.39, 0.29) is 30.9 Å². The Hall–Kier alpha value is -1.93. The molecule has 0 aromatic carbocycles. The first-order chi connectivity index (χ1) is 11.6. The average Bonchev–Trinajstić information content (AvgIpc) is 2.92. The van der Waals surface area contributed by atoms with Gasteiger partial charge in [-0.25, -0.2) is 4.79 Å². The molecule has 2 aliphatic heterocycles. The summed E-state index contributed by atoms with van der Waals surface area (Å²) in [5.74, 6) is -1.19. The predicted octanol–water partition coefficient (Wildman–Crippen LogP) is 0.589. The lowest BCUT2D eigenvalue weighted by atomic mass is 10.1. The van der Waals surface area contributed by atoms with Gasteiger partial charge in [0.15, 0.2) is 5.69 Å². The topological polar surface area (TPSA) is 93.9 Å². The van der Waals surface area contributed by atoms with Gasteiger partial charge < -0.3 is 19.5 Å². The highest BCUT2D eigenvalue weighted by Crippen LogP contribution is 2.22. The van der Waals surface area contributed by atoms with Crippen LogP contribution in [0.2, 0.25) is 0 Å². The number of carboxylic acids is 1. The van der Waals surface area contributed by atoms with Gasteiger partial charge in [-0.2, -0.15) is 5.10 Å². The summed E-state index contributed by atoms with van der Waals surface area (Å²) in [6, 6.07) is 0. The van der Waals surface area contributed by atoms with Gasteiger partial charge in [0.2, 0.25) is 5.91 Å². The molecular formula is C16H23N3O5. The third-order valence-corrected chi connectivity index (χ3v) is 4.60. The van der Waals surface area contributed by atoms with Gasteiger partial charge in [0.25, 0.3) is 0 Å². The van der Waals surface area contributed by atoms with E-state index < -0.39 is 5.97 Å². The van der Waals surface area contributed by atoms with Crippen molar-refractivity contribution in [2.75, 3.05) is 26.4 Å². The number of carbonyl (C=O) groups is 2. The molecule has 2 aliphatic rings. The average molecular weight is 337 g/mol. The molecule has 0 unspecified atom stereocenters. The Bertz CT molecular complexity index is 621. The SMILES string of the molecule is Cn1nc(C(=O)O)c2c1CCN(C(=O)COC[C@H]1CCCCO1)C2. The fourth-order valence-corrected chi connectivity index (χ4v) is 3.28. The number of nitrogens with zero attached hydrogens (tertiary/aromatic N) is 3. The molecule has 1 aromatic rings. The van der Waals surface area contributed by atoms with Gasteiger partial charge in [-0.15, -0.1) is 0 Å². The number of carboxylic acid groups (broad SMARTS) is 1. The first kappa shape index (κ1) is 16.9. The monoisotopic (exact) mass is 337 g/mol. The summed E-state index contributed by atoms with van der Waals surface area (Å²) in [6.45, 7) is 2.01. The summed E-state index contributed by atoms with van der Waals surface area (Å²) in [5, 5.41) is 13.3. The highest BCUT2D eigenvalue weighted by atomic mass is 16.5. The second-order valence-electron chi connectivity index (χ2n) is 6.27. The number of amides is 1. The van der Waals surface area contributed by atoms with Gasteiger partial charge in [0, 0.05) is 44.4 Å². The predicted molar refractivity (Wildman–Crippen MR) is 83.7 cm³/mol. The van der Waals surface area contributed by atoms with Gasteiger partial charge in [0.05, 0.1) is 12.7 Å². The minimum Gasteiger partial charge on any atom is -0.476 e. The molecular weight excluding hydrogens is 314 g/mol. The maximum Gasteiger partial charge on any atom is 0.356 e. The van der Waals surface area contributed by atoms with E-state index in [1.165, 1.54) is 0 Å². The van der Waals surface area contributed by atoms with E-state index in [4.69, 9.17) is 9.47 Å². The van der Waals surface area contributed by atoms with Crippen LogP contribution >= 0.6 is 0 Å². The molecule has 0 aliphatic carbocycles. The van der Waals surface area contributed by atoms with Crippen LogP contribution in [0.15, 0.2) is 0 Å². The van der Waals surface area contributed by atoms with Gasteiger partial charge in [0.1, 0.15) is 6.61 Å². The zero-order valence-corrected chi connectivity index (χ0v) is 13.9. The van der Waals surface area contributed by atoms with Crippen molar-refractivity contribution < 1.29 is 24.2 Å². The maximum absolute atomic E-state index is 12.3. The molecule has 0 radical (unpaired) electrons. The number of fused-ring (bicyclic) bond motifs is 1. The first-order valence-electron chi connectivity index (χ1n) is 8.31. The normalized spacial score (nSPS) is 20.7. The van der Waals surface area contributed by atoms with Crippen molar-refractivity contribution in [2.45, 2.75) is 38.3 Å². The molecule has 8 heteroatoms. The number of aryl methyl sites for hydroxylation is 1. The fraction of sp³-hybridized carbons (Fsp3) is 0.688. The Kier molecular flexibility index (Phi) is 5.15. The van der Waals surface area contributed by atoms with Crippen molar-refractivity contribution in [3.05, 3.63) is 17.0 Å². The van der Waals surface area contributed by atoms with Crippen LogP contribution in [0, 0.1) is 0 Å². The molecule has 1 N–H and O–H groups in total. The lowest BCUT2D eigenvalue weighted by Gasteiger charge is -2.28. The minimum atomic E-state index is -1.06. The van der Waals surface area contributed by atoms with Crippen molar-refractivity contribution in [1.29, 1.82) is 0 Å². The zero-order valence-electron chi connectivity index (χ0n) is 13.9. The number of hydrogen-bond acceptors (Lipinski definition) is 5. The van der Waals surface area contributed by atoms with E-state index in [0.29, 0.717) is 25.1 Å². The smallest absolute Gasteiger partial charge is 0.356 e. The Morgan fingerprint density at radius 3 is 2.96 bits per heavy atom. The summed E-state index contributed by atoms with van der Waals surface area (Å²) >= 11 is 0. The van der Waals surface area contributed by atoms with Crippen molar-refractivity contribution in [3.8, 4) is 0 Å². The van der Waals surface area contributed by atoms with E-state index in [1.807, 2.05) is 0 Å².